The van der Waals surface area contributed by atoms with Crippen molar-refractivity contribution in [3.05, 3.63) is 28.8 Å². The van der Waals surface area contributed by atoms with Gasteiger partial charge < -0.3 is 9.84 Å². The van der Waals surface area contributed by atoms with Crippen LogP contribution < -0.4 is 4.74 Å². The second-order valence-corrected chi connectivity index (χ2v) is 4.44. The minimum Gasteiger partial charge on any atom is -0.489 e. The number of ether oxygens (including phenoxy) is 1. The topological polar surface area (TPSA) is 29.5 Å². The van der Waals surface area contributed by atoms with E-state index < -0.39 is 5.60 Å². The van der Waals surface area contributed by atoms with Gasteiger partial charge in [-0.15, -0.1) is 0 Å². The van der Waals surface area contributed by atoms with Crippen molar-refractivity contribution < 1.29 is 9.84 Å². The molecule has 14 heavy (non-hydrogen) atoms. The van der Waals surface area contributed by atoms with Crippen LogP contribution in [0.4, 0.5) is 0 Å². The highest BCUT2D eigenvalue weighted by atomic mass is 35.5. The van der Waals surface area contributed by atoms with E-state index in [4.69, 9.17) is 16.3 Å². The van der Waals surface area contributed by atoms with Gasteiger partial charge in [0, 0.05) is 0 Å². The van der Waals surface area contributed by atoms with Gasteiger partial charge in [0.2, 0.25) is 0 Å². The number of aliphatic hydroxyl groups is 1. The Morgan fingerprint density at radius 3 is 2.57 bits per heavy atom. The third kappa shape index (κ3) is 3.56. The molecular formula is C11H15ClO2. The summed E-state index contributed by atoms with van der Waals surface area (Å²) in [5, 5.41) is 10.0. The van der Waals surface area contributed by atoms with Crippen LogP contribution in [0.5, 0.6) is 5.75 Å². The van der Waals surface area contributed by atoms with Crippen LogP contribution in [-0.4, -0.2) is 17.3 Å². The zero-order valence-corrected chi connectivity index (χ0v) is 9.43. The van der Waals surface area contributed by atoms with Crippen LogP contribution in [0.1, 0.15) is 19.4 Å². The molecule has 1 aromatic rings. The highest BCUT2D eigenvalue weighted by Crippen LogP contribution is 2.25. The predicted molar refractivity (Wildman–Crippen MR) is 58.0 cm³/mol. The number of hydrogen-bond donors (Lipinski definition) is 1. The molecule has 0 bridgehead atoms. The SMILES string of the molecule is Cc1ccc(OCC(C)(C)O)c(Cl)c1. The van der Waals surface area contributed by atoms with Gasteiger partial charge in [0.1, 0.15) is 12.4 Å². The average molecular weight is 215 g/mol. The highest BCUT2D eigenvalue weighted by Gasteiger charge is 2.14. The molecule has 2 nitrogen and oxygen atoms in total. The number of rotatable bonds is 3. The minimum absolute atomic E-state index is 0.232. The first-order valence-corrected chi connectivity index (χ1v) is 4.87. The Morgan fingerprint density at radius 2 is 2.07 bits per heavy atom. The van der Waals surface area contributed by atoms with Crippen molar-refractivity contribution in [2.24, 2.45) is 0 Å². The smallest absolute Gasteiger partial charge is 0.138 e. The van der Waals surface area contributed by atoms with Crippen molar-refractivity contribution in [3.8, 4) is 5.75 Å². The fourth-order valence-corrected chi connectivity index (χ4v) is 1.27. The van der Waals surface area contributed by atoms with E-state index in [2.05, 4.69) is 0 Å². The van der Waals surface area contributed by atoms with E-state index >= 15 is 0 Å². The molecule has 1 N–H and O–H groups in total. The number of aryl methyl sites for hydroxylation is 1. The molecule has 78 valence electrons. The standard InChI is InChI=1S/C11H15ClO2/c1-8-4-5-10(9(12)6-8)14-7-11(2,3)13/h4-6,13H,7H2,1-3H3. The third-order valence-electron chi connectivity index (χ3n) is 1.67. The van der Waals surface area contributed by atoms with E-state index in [9.17, 15) is 5.11 Å². The minimum atomic E-state index is -0.839. The first-order valence-electron chi connectivity index (χ1n) is 4.50. The number of halogens is 1. The summed E-state index contributed by atoms with van der Waals surface area (Å²) >= 11 is 5.95. The lowest BCUT2D eigenvalue weighted by molar-refractivity contribution is 0.0285. The summed E-state index contributed by atoms with van der Waals surface area (Å²) in [6.07, 6.45) is 0. The molecule has 0 aliphatic rings. The van der Waals surface area contributed by atoms with Crippen LogP contribution >= 0.6 is 11.6 Å². The van der Waals surface area contributed by atoms with Gasteiger partial charge in [0.05, 0.1) is 10.6 Å². The Bertz CT molecular complexity index is 316. The molecule has 0 fully saturated rings. The summed E-state index contributed by atoms with van der Waals surface area (Å²) in [5.41, 5.74) is 0.249. The summed E-state index contributed by atoms with van der Waals surface area (Å²) in [6, 6.07) is 5.57. The van der Waals surface area contributed by atoms with Gasteiger partial charge in [-0.05, 0) is 38.5 Å². The Labute approximate surface area is 89.5 Å². The van der Waals surface area contributed by atoms with Crippen molar-refractivity contribution in [2.75, 3.05) is 6.61 Å². The molecule has 0 radical (unpaired) electrons. The van der Waals surface area contributed by atoms with Gasteiger partial charge in [-0.3, -0.25) is 0 Å². The van der Waals surface area contributed by atoms with Crippen LogP contribution in [0.15, 0.2) is 18.2 Å². The summed E-state index contributed by atoms with van der Waals surface area (Å²) in [6.45, 7) is 5.58. The molecule has 1 aromatic carbocycles. The van der Waals surface area contributed by atoms with E-state index in [1.165, 1.54) is 0 Å². The van der Waals surface area contributed by atoms with Gasteiger partial charge in [0.15, 0.2) is 0 Å². The fraction of sp³-hybridized carbons (Fsp3) is 0.455. The summed E-state index contributed by atoms with van der Waals surface area (Å²) in [5.74, 6) is 0.611. The molecule has 0 atom stereocenters. The molecule has 0 heterocycles. The molecule has 0 spiro atoms. The van der Waals surface area contributed by atoms with Crippen molar-refractivity contribution in [2.45, 2.75) is 26.4 Å². The molecule has 0 amide bonds. The maximum atomic E-state index is 9.46. The Hall–Kier alpha value is -0.730. The zero-order chi connectivity index (χ0) is 10.8. The van der Waals surface area contributed by atoms with Crippen molar-refractivity contribution in [1.82, 2.24) is 0 Å². The zero-order valence-electron chi connectivity index (χ0n) is 8.67. The Kier molecular flexibility index (Phi) is 3.40. The largest absolute Gasteiger partial charge is 0.489 e. The molecule has 0 aliphatic carbocycles. The van der Waals surface area contributed by atoms with Crippen molar-refractivity contribution in [3.63, 3.8) is 0 Å². The normalized spacial score (nSPS) is 11.5. The van der Waals surface area contributed by atoms with E-state index in [0.717, 1.165) is 5.56 Å². The molecule has 1 rings (SSSR count). The maximum Gasteiger partial charge on any atom is 0.138 e. The van der Waals surface area contributed by atoms with Gasteiger partial charge >= 0.3 is 0 Å². The predicted octanol–water partition coefficient (Wildman–Crippen LogP) is 2.80. The molecule has 0 unspecified atom stereocenters. The first kappa shape index (κ1) is 11.3. The van der Waals surface area contributed by atoms with Crippen LogP contribution in [0.3, 0.4) is 0 Å². The van der Waals surface area contributed by atoms with E-state index in [-0.39, 0.29) is 6.61 Å². The Morgan fingerprint density at radius 1 is 1.43 bits per heavy atom. The lowest BCUT2D eigenvalue weighted by Gasteiger charge is -2.18. The molecule has 0 saturated heterocycles. The summed E-state index contributed by atoms with van der Waals surface area (Å²) in [4.78, 5) is 0. The lowest BCUT2D eigenvalue weighted by atomic mass is 10.2. The average Bonchev–Trinajstić information content (AvgIpc) is 2.00. The van der Waals surface area contributed by atoms with E-state index in [1.807, 2.05) is 25.1 Å². The van der Waals surface area contributed by atoms with Gasteiger partial charge in [0.25, 0.3) is 0 Å². The van der Waals surface area contributed by atoms with Gasteiger partial charge in [-0.1, -0.05) is 17.7 Å². The van der Waals surface area contributed by atoms with Crippen LogP contribution in [0.2, 0.25) is 5.02 Å². The second kappa shape index (κ2) is 4.20. The molecule has 0 aromatic heterocycles. The van der Waals surface area contributed by atoms with E-state index in [0.29, 0.717) is 10.8 Å². The maximum absolute atomic E-state index is 9.46. The molecule has 0 saturated carbocycles. The summed E-state index contributed by atoms with van der Waals surface area (Å²) < 4.78 is 5.37. The Balaban J connectivity index is 2.68. The number of benzene rings is 1. The van der Waals surface area contributed by atoms with Crippen molar-refractivity contribution >= 4 is 11.6 Å². The third-order valence-corrected chi connectivity index (χ3v) is 1.96. The van der Waals surface area contributed by atoms with Crippen LogP contribution in [-0.2, 0) is 0 Å². The highest BCUT2D eigenvalue weighted by molar-refractivity contribution is 6.32. The number of hydrogen-bond acceptors (Lipinski definition) is 2. The first-order chi connectivity index (χ1) is 6.38. The molecular weight excluding hydrogens is 200 g/mol. The quantitative estimate of drug-likeness (QED) is 0.839. The monoisotopic (exact) mass is 214 g/mol. The lowest BCUT2D eigenvalue weighted by Crippen LogP contribution is -2.27. The van der Waals surface area contributed by atoms with Crippen LogP contribution in [0, 0.1) is 6.92 Å². The second-order valence-electron chi connectivity index (χ2n) is 4.03. The molecule has 0 aliphatic heterocycles. The molecule has 3 heteroatoms. The summed E-state index contributed by atoms with van der Waals surface area (Å²) in [7, 11) is 0. The van der Waals surface area contributed by atoms with Gasteiger partial charge in [-0.2, -0.15) is 0 Å². The fourth-order valence-electron chi connectivity index (χ4n) is 0.977. The van der Waals surface area contributed by atoms with Crippen LogP contribution in [0.25, 0.3) is 0 Å². The van der Waals surface area contributed by atoms with Gasteiger partial charge in [-0.25, -0.2) is 0 Å². The van der Waals surface area contributed by atoms with E-state index in [1.54, 1.807) is 13.8 Å². The van der Waals surface area contributed by atoms with Crippen molar-refractivity contribution in [1.29, 1.82) is 0 Å².